The number of aromatic nitrogens is 3. The fourth-order valence-electron chi connectivity index (χ4n) is 8.81. The summed E-state index contributed by atoms with van der Waals surface area (Å²) in [6, 6.07) is 35.7. The summed E-state index contributed by atoms with van der Waals surface area (Å²) in [7, 11) is 0. The van der Waals surface area contributed by atoms with Crippen LogP contribution < -0.4 is 10.1 Å². The number of carboxylic acid groups (broad SMARTS) is 1. The molecule has 56 heavy (non-hydrogen) atoms. The smallest absolute Gasteiger partial charge is 0.325 e. The van der Waals surface area contributed by atoms with E-state index in [0.29, 0.717) is 28.1 Å². The summed E-state index contributed by atoms with van der Waals surface area (Å²) in [5.74, 6) is 2.67. The van der Waals surface area contributed by atoms with Crippen LogP contribution in [0.2, 0.25) is 0 Å². The number of anilines is 1. The van der Waals surface area contributed by atoms with Gasteiger partial charge >= 0.3 is 11.9 Å². The average molecular weight is 746 g/mol. The number of amides is 1. The molecule has 2 saturated heterocycles. The van der Waals surface area contributed by atoms with Crippen molar-refractivity contribution in [3.8, 4) is 17.6 Å². The van der Waals surface area contributed by atoms with Gasteiger partial charge in [-0.25, -0.2) is 4.68 Å². The second-order valence-corrected chi connectivity index (χ2v) is 14.0. The number of esters is 1. The summed E-state index contributed by atoms with van der Waals surface area (Å²) in [4.78, 5) is 45.2. The van der Waals surface area contributed by atoms with Gasteiger partial charge in [0.25, 0.3) is 0 Å². The maximum Gasteiger partial charge on any atom is 0.325 e. The van der Waals surface area contributed by atoms with Gasteiger partial charge in [0, 0.05) is 11.3 Å². The number of aliphatic carboxylic acids is 1. The molecule has 0 radical (unpaired) electrons. The molecule has 12 nitrogen and oxygen atoms in total. The fraction of sp³-hybridized carbons (Fsp3) is 0.205. The summed E-state index contributed by atoms with van der Waals surface area (Å²) in [6.45, 7) is 0.143. The number of morpholine rings is 1. The van der Waals surface area contributed by atoms with Gasteiger partial charge in [-0.15, -0.1) is 5.10 Å². The number of aliphatic hydroxyl groups is 1. The third-order valence-corrected chi connectivity index (χ3v) is 11.0. The molecule has 3 aliphatic heterocycles. The van der Waals surface area contributed by atoms with E-state index in [2.05, 4.69) is 27.5 Å². The van der Waals surface area contributed by atoms with E-state index in [9.17, 15) is 24.6 Å². The molecule has 0 aliphatic carbocycles. The van der Waals surface area contributed by atoms with E-state index in [1.165, 1.54) is 0 Å². The zero-order chi connectivity index (χ0) is 38.4. The van der Waals surface area contributed by atoms with Crippen LogP contribution in [0, 0.1) is 17.8 Å². The van der Waals surface area contributed by atoms with E-state index in [1.54, 1.807) is 47.1 Å². The Bertz CT molecular complexity index is 2530. The van der Waals surface area contributed by atoms with Crippen molar-refractivity contribution in [1.29, 1.82) is 0 Å². The second kappa shape index (κ2) is 14.1. The molecule has 0 bridgehead atoms. The van der Waals surface area contributed by atoms with E-state index in [4.69, 9.17) is 9.47 Å². The molecule has 278 valence electrons. The maximum absolute atomic E-state index is 15.0. The molecule has 4 heterocycles. The molecule has 3 aliphatic rings. The van der Waals surface area contributed by atoms with Gasteiger partial charge < -0.3 is 25.0 Å². The minimum Gasteiger partial charge on any atom is -0.491 e. The van der Waals surface area contributed by atoms with Crippen LogP contribution in [-0.2, 0) is 31.1 Å². The van der Waals surface area contributed by atoms with E-state index >= 15 is 0 Å². The van der Waals surface area contributed by atoms with Crippen molar-refractivity contribution in [2.24, 2.45) is 5.92 Å². The molecule has 1 aromatic heterocycles. The third kappa shape index (κ3) is 5.59. The lowest BCUT2D eigenvalue weighted by molar-refractivity contribution is -0.179. The lowest BCUT2D eigenvalue weighted by atomic mass is 9.65. The number of fused-ring (bicyclic) bond motifs is 4. The molecule has 5 aromatic carbocycles. The van der Waals surface area contributed by atoms with Gasteiger partial charge in [-0.05, 0) is 64.7 Å². The van der Waals surface area contributed by atoms with Crippen molar-refractivity contribution in [1.82, 2.24) is 19.9 Å². The lowest BCUT2D eigenvalue weighted by Crippen LogP contribution is -2.52. The summed E-state index contributed by atoms with van der Waals surface area (Å²) >= 11 is 0. The molecule has 6 aromatic rings. The summed E-state index contributed by atoms with van der Waals surface area (Å²) in [6.07, 6.45) is -0.837. The normalized spacial score (nSPS) is 23.8. The SMILES string of the molecule is O=C1O[C@H](c2ccccc2)[C@H](c2ccccc2)N2[C@H]1[C@@H](C(=O)O)[C@]1(C(=O)Nc3ccc(C#CCn4nnc5ccccc54)cc31)[C@H]2c1ccc(OCCO)cc1. The van der Waals surface area contributed by atoms with Crippen LogP contribution in [0.4, 0.5) is 5.69 Å². The third-order valence-electron chi connectivity index (χ3n) is 11.0. The number of aliphatic hydroxyl groups excluding tert-OH is 1. The van der Waals surface area contributed by atoms with Crippen LogP contribution in [0.15, 0.2) is 127 Å². The molecular formula is C44H35N5O7. The number of carboxylic acids is 1. The quantitative estimate of drug-likeness (QED) is 0.140. The van der Waals surface area contributed by atoms with E-state index < -0.39 is 53.4 Å². The number of cyclic esters (lactones) is 1. The lowest BCUT2D eigenvalue weighted by Gasteiger charge is -2.46. The Balaban J connectivity index is 1.24. The number of nitrogens with zero attached hydrogens (tertiary/aromatic N) is 4. The highest BCUT2D eigenvalue weighted by Crippen LogP contribution is 2.64. The van der Waals surface area contributed by atoms with Crippen LogP contribution in [0.5, 0.6) is 5.75 Å². The van der Waals surface area contributed by atoms with Gasteiger partial charge in [0.15, 0.2) is 0 Å². The predicted molar refractivity (Wildman–Crippen MR) is 204 cm³/mol. The highest BCUT2D eigenvalue weighted by atomic mass is 16.6. The molecule has 3 N–H and O–H groups in total. The van der Waals surface area contributed by atoms with Gasteiger partial charge in [-0.1, -0.05) is 102 Å². The van der Waals surface area contributed by atoms with Crippen molar-refractivity contribution in [2.45, 2.75) is 36.2 Å². The first-order chi connectivity index (χ1) is 27.4. The van der Waals surface area contributed by atoms with Crippen molar-refractivity contribution in [3.05, 3.63) is 155 Å². The minimum atomic E-state index is -1.82. The zero-order valence-corrected chi connectivity index (χ0v) is 29.9. The Morgan fingerprint density at radius 3 is 2.30 bits per heavy atom. The number of benzene rings is 5. The largest absolute Gasteiger partial charge is 0.491 e. The average Bonchev–Trinajstić information content (AvgIpc) is 3.88. The number of para-hydroxylation sites is 1. The molecule has 1 amide bonds. The highest BCUT2D eigenvalue weighted by molar-refractivity contribution is 6.11. The van der Waals surface area contributed by atoms with Crippen LogP contribution in [-0.4, -0.2) is 67.2 Å². The summed E-state index contributed by atoms with van der Waals surface area (Å²) < 4.78 is 13.7. The van der Waals surface area contributed by atoms with Gasteiger partial charge in [0.05, 0.1) is 24.2 Å². The van der Waals surface area contributed by atoms with E-state index in [1.807, 2.05) is 89.8 Å². The van der Waals surface area contributed by atoms with Crippen LogP contribution in [0.1, 0.15) is 46.0 Å². The Hall–Kier alpha value is -6.81. The topological polar surface area (TPSA) is 156 Å². The fourth-order valence-corrected chi connectivity index (χ4v) is 8.81. The molecule has 0 unspecified atom stereocenters. The monoisotopic (exact) mass is 745 g/mol. The van der Waals surface area contributed by atoms with Crippen molar-refractivity contribution in [2.75, 3.05) is 18.5 Å². The summed E-state index contributed by atoms with van der Waals surface area (Å²) in [5.41, 5.74) is 3.26. The van der Waals surface area contributed by atoms with Gasteiger partial charge in [0.2, 0.25) is 5.91 Å². The predicted octanol–water partition coefficient (Wildman–Crippen LogP) is 5.21. The first-order valence-corrected chi connectivity index (χ1v) is 18.3. The number of ether oxygens (including phenoxy) is 2. The first-order valence-electron chi connectivity index (χ1n) is 18.3. The molecule has 0 saturated carbocycles. The molecule has 12 heteroatoms. The second-order valence-electron chi connectivity index (χ2n) is 14.0. The number of carbonyl (C=O) groups is 3. The number of rotatable bonds is 8. The maximum atomic E-state index is 15.0. The number of nitrogens with one attached hydrogen (secondary N) is 1. The van der Waals surface area contributed by atoms with E-state index in [-0.39, 0.29) is 19.8 Å². The Morgan fingerprint density at radius 2 is 1.57 bits per heavy atom. The molecule has 6 atom stereocenters. The van der Waals surface area contributed by atoms with E-state index in [0.717, 1.165) is 22.2 Å². The first kappa shape index (κ1) is 34.9. The number of hydrogen-bond donors (Lipinski definition) is 3. The Morgan fingerprint density at radius 1 is 0.857 bits per heavy atom. The number of hydrogen-bond acceptors (Lipinski definition) is 9. The van der Waals surface area contributed by atoms with Gasteiger partial charge in [-0.3, -0.25) is 19.3 Å². The zero-order valence-electron chi connectivity index (χ0n) is 29.9. The van der Waals surface area contributed by atoms with Crippen LogP contribution in [0.3, 0.4) is 0 Å². The highest BCUT2D eigenvalue weighted by Gasteiger charge is 2.74. The minimum absolute atomic E-state index is 0.0788. The van der Waals surface area contributed by atoms with Gasteiger partial charge in [-0.2, -0.15) is 0 Å². The standard InChI is InChI=1S/C44H35N5O7/c50-24-25-55-31-20-18-30(19-21-31)40-44(32-26-27(17-22-33(32)45-43(44)54)10-9-23-48-35-16-8-7-15-34(35)46-47-48)36(41(51)52)38-42(53)56-39(29-13-5-2-6-14-29)37(49(38)40)28-11-3-1-4-12-28/h1-8,11-22,26,36-40,50H,23-25H2,(H,45,54)(H,51,52)/t36-,37-,38-,39+,40+,44-/m0/s1. The summed E-state index contributed by atoms with van der Waals surface area (Å²) in [5, 5.41) is 32.1. The number of carbonyl (C=O) groups excluding carboxylic acids is 2. The van der Waals surface area contributed by atoms with Crippen LogP contribution in [0.25, 0.3) is 11.0 Å². The Kier molecular flexibility index (Phi) is 8.80. The molecule has 1 spiro atoms. The molecule has 2 fully saturated rings. The van der Waals surface area contributed by atoms with Crippen LogP contribution >= 0.6 is 0 Å². The molecule has 9 rings (SSSR count). The van der Waals surface area contributed by atoms with Crippen molar-refractivity contribution >= 4 is 34.6 Å². The van der Waals surface area contributed by atoms with Crippen molar-refractivity contribution < 1.29 is 34.1 Å². The van der Waals surface area contributed by atoms with Crippen molar-refractivity contribution in [3.63, 3.8) is 0 Å². The molecular weight excluding hydrogens is 711 g/mol. The van der Waals surface area contributed by atoms with Gasteiger partial charge in [0.1, 0.15) is 47.9 Å². The Labute approximate surface area is 321 Å².